The second-order valence-electron chi connectivity index (χ2n) is 10.9. The highest BCUT2D eigenvalue weighted by Crippen LogP contribution is 2.67. The van der Waals surface area contributed by atoms with Gasteiger partial charge in [0.05, 0.1) is 12.3 Å². The zero-order valence-corrected chi connectivity index (χ0v) is 18.0. The van der Waals surface area contributed by atoms with Crippen molar-refractivity contribution in [3.63, 3.8) is 0 Å². The van der Waals surface area contributed by atoms with E-state index in [-0.39, 0.29) is 11.5 Å². The van der Waals surface area contributed by atoms with Gasteiger partial charge < -0.3 is 5.11 Å². The third-order valence-corrected chi connectivity index (χ3v) is 9.78. The van der Waals surface area contributed by atoms with Gasteiger partial charge in [-0.3, -0.25) is 4.68 Å². The summed E-state index contributed by atoms with van der Waals surface area (Å²) < 4.78 is 1.98. The molecule has 4 saturated carbocycles. The van der Waals surface area contributed by atoms with E-state index in [0.717, 1.165) is 36.3 Å². The molecule has 0 spiro atoms. The molecule has 3 nitrogen and oxygen atoms in total. The Bertz CT molecular complexity index is 766. The summed E-state index contributed by atoms with van der Waals surface area (Å²) in [5.41, 5.74) is 3.06. The maximum absolute atomic E-state index is 11.4. The molecule has 0 unspecified atom stereocenters. The van der Waals surface area contributed by atoms with Gasteiger partial charge in [0.2, 0.25) is 0 Å². The maximum atomic E-state index is 11.4. The van der Waals surface area contributed by atoms with Crippen LogP contribution >= 0.6 is 0 Å². The van der Waals surface area contributed by atoms with Crippen molar-refractivity contribution in [1.29, 1.82) is 0 Å². The molecule has 5 rings (SSSR count). The predicted octanol–water partition coefficient (Wildman–Crippen LogP) is 5.69. The summed E-state index contributed by atoms with van der Waals surface area (Å²) in [5.74, 6) is 3.33. The molecule has 4 aliphatic rings. The number of aliphatic hydroxyl groups is 1. The predicted molar refractivity (Wildman–Crippen MR) is 114 cm³/mol. The van der Waals surface area contributed by atoms with Gasteiger partial charge in [0.25, 0.3) is 0 Å². The molecular weight excluding hydrogens is 344 g/mol. The summed E-state index contributed by atoms with van der Waals surface area (Å²) >= 11 is 0. The van der Waals surface area contributed by atoms with Crippen LogP contribution in [0.4, 0.5) is 0 Å². The fraction of sp³-hybridized carbons (Fsp3) is 0.800. The number of rotatable bonds is 2. The van der Waals surface area contributed by atoms with Crippen LogP contribution in [0.25, 0.3) is 6.08 Å². The van der Waals surface area contributed by atoms with Gasteiger partial charge in [-0.15, -0.1) is 0 Å². The molecule has 3 heteroatoms. The number of nitrogens with zero attached hydrogens (tertiary/aromatic N) is 2. The zero-order valence-electron chi connectivity index (χ0n) is 18.0. The SMILES string of the molecule is CCn1cc(/C=C2\C[C@H]3[C@@H]4CC[C@@H]5CCCC[C@]5(C)[C@H]4CC[C@]3(C)[C@H]2O)cn1. The molecule has 0 amide bonds. The van der Waals surface area contributed by atoms with Crippen LogP contribution in [0.2, 0.25) is 0 Å². The average molecular weight is 383 g/mol. The van der Waals surface area contributed by atoms with E-state index in [2.05, 4.69) is 38.1 Å². The van der Waals surface area contributed by atoms with Gasteiger partial charge in [-0.25, -0.2) is 0 Å². The van der Waals surface area contributed by atoms with Crippen LogP contribution in [0.1, 0.15) is 84.1 Å². The van der Waals surface area contributed by atoms with Crippen LogP contribution < -0.4 is 0 Å². The number of hydrogen-bond acceptors (Lipinski definition) is 2. The van der Waals surface area contributed by atoms with Crippen molar-refractivity contribution in [2.45, 2.75) is 91.2 Å². The molecule has 1 N–H and O–H groups in total. The molecule has 0 radical (unpaired) electrons. The summed E-state index contributed by atoms with van der Waals surface area (Å²) in [5, 5.41) is 15.8. The minimum absolute atomic E-state index is 0.0750. The Morgan fingerprint density at radius 3 is 2.75 bits per heavy atom. The monoisotopic (exact) mass is 382 g/mol. The van der Waals surface area contributed by atoms with Crippen LogP contribution in [-0.2, 0) is 6.54 Å². The lowest BCUT2D eigenvalue weighted by atomic mass is 9.45. The topological polar surface area (TPSA) is 38.0 Å². The lowest BCUT2D eigenvalue weighted by Gasteiger charge is -2.60. The Morgan fingerprint density at radius 2 is 1.96 bits per heavy atom. The lowest BCUT2D eigenvalue weighted by molar-refractivity contribution is -0.119. The standard InChI is InChI=1S/C25H38N2O/c1-4-27-16-17(15-26-27)13-18-14-22-20-9-8-19-7-5-6-11-24(19,2)21(20)10-12-25(22,3)23(18)28/h13,15-16,19-23,28H,4-12,14H2,1-3H3/b18-13+/t19-,20+,21-,22-,23-,24-,25-/m0/s1. The average Bonchev–Trinajstić information content (AvgIpc) is 3.25. The van der Waals surface area contributed by atoms with Crippen molar-refractivity contribution in [1.82, 2.24) is 9.78 Å². The molecule has 1 aromatic rings. The van der Waals surface area contributed by atoms with E-state index < -0.39 is 0 Å². The van der Waals surface area contributed by atoms with Gasteiger partial charge in [0, 0.05) is 23.7 Å². The molecular formula is C25H38N2O. The molecule has 4 fully saturated rings. The van der Waals surface area contributed by atoms with E-state index >= 15 is 0 Å². The highest BCUT2D eigenvalue weighted by atomic mass is 16.3. The van der Waals surface area contributed by atoms with Crippen LogP contribution in [0.15, 0.2) is 18.0 Å². The molecule has 0 saturated heterocycles. The van der Waals surface area contributed by atoms with Crippen molar-refractivity contribution < 1.29 is 5.11 Å². The Morgan fingerprint density at radius 1 is 1.11 bits per heavy atom. The van der Waals surface area contributed by atoms with Crippen LogP contribution in [-0.4, -0.2) is 21.0 Å². The van der Waals surface area contributed by atoms with Crippen molar-refractivity contribution in [2.24, 2.45) is 34.5 Å². The van der Waals surface area contributed by atoms with Gasteiger partial charge in [-0.1, -0.05) is 32.8 Å². The first-order chi connectivity index (χ1) is 13.5. The minimum atomic E-state index is -0.277. The maximum Gasteiger partial charge on any atom is 0.0809 e. The smallest absolute Gasteiger partial charge is 0.0809 e. The second-order valence-corrected chi connectivity index (χ2v) is 10.9. The van der Waals surface area contributed by atoms with E-state index in [4.69, 9.17) is 0 Å². The molecule has 28 heavy (non-hydrogen) atoms. The summed E-state index contributed by atoms with van der Waals surface area (Å²) in [6, 6.07) is 0. The number of aliphatic hydroxyl groups excluding tert-OH is 1. The van der Waals surface area contributed by atoms with Crippen molar-refractivity contribution in [3.8, 4) is 0 Å². The van der Waals surface area contributed by atoms with Gasteiger partial charge in [-0.2, -0.15) is 5.10 Å². The first-order valence-corrected chi connectivity index (χ1v) is 11.9. The Labute approximate surface area is 170 Å². The largest absolute Gasteiger partial charge is 0.388 e. The van der Waals surface area contributed by atoms with Crippen molar-refractivity contribution in [3.05, 3.63) is 23.5 Å². The van der Waals surface area contributed by atoms with Gasteiger partial charge in [0.1, 0.15) is 0 Å². The number of aryl methyl sites for hydroxylation is 1. The van der Waals surface area contributed by atoms with Gasteiger partial charge in [-0.05, 0) is 86.5 Å². The lowest BCUT2D eigenvalue weighted by Crippen LogP contribution is -2.53. The van der Waals surface area contributed by atoms with E-state index in [1.165, 1.54) is 56.9 Å². The first-order valence-electron chi connectivity index (χ1n) is 11.9. The Kier molecular flexibility index (Phi) is 4.54. The van der Waals surface area contributed by atoms with Gasteiger partial charge in [0.15, 0.2) is 0 Å². The number of hydrogen-bond donors (Lipinski definition) is 1. The number of aromatic nitrogens is 2. The highest BCUT2D eigenvalue weighted by Gasteiger charge is 2.60. The van der Waals surface area contributed by atoms with E-state index in [0.29, 0.717) is 11.3 Å². The molecule has 4 aliphatic carbocycles. The summed E-state index contributed by atoms with van der Waals surface area (Å²) in [4.78, 5) is 0. The Hall–Kier alpha value is -1.09. The molecule has 0 aliphatic heterocycles. The third-order valence-electron chi connectivity index (χ3n) is 9.78. The van der Waals surface area contributed by atoms with E-state index in [1.807, 2.05) is 10.9 Å². The van der Waals surface area contributed by atoms with Crippen LogP contribution in [0, 0.1) is 34.5 Å². The quantitative estimate of drug-likeness (QED) is 0.713. The van der Waals surface area contributed by atoms with Crippen LogP contribution in [0.3, 0.4) is 0 Å². The fourth-order valence-corrected chi connectivity index (χ4v) is 8.14. The molecule has 0 aromatic carbocycles. The summed E-state index contributed by atoms with van der Waals surface area (Å²) in [6.07, 6.45) is 18.3. The normalized spacial score (nSPS) is 46.9. The molecule has 7 atom stereocenters. The molecule has 154 valence electrons. The summed E-state index contributed by atoms with van der Waals surface area (Å²) in [7, 11) is 0. The molecule has 1 heterocycles. The van der Waals surface area contributed by atoms with Crippen LogP contribution in [0.5, 0.6) is 0 Å². The Balaban J connectivity index is 1.44. The number of fused-ring (bicyclic) bond motifs is 5. The second kappa shape index (κ2) is 6.72. The van der Waals surface area contributed by atoms with Crippen molar-refractivity contribution >= 4 is 6.08 Å². The third kappa shape index (κ3) is 2.68. The molecule has 0 bridgehead atoms. The minimum Gasteiger partial charge on any atom is -0.388 e. The zero-order chi connectivity index (χ0) is 19.5. The fourth-order valence-electron chi connectivity index (χ4n) is 8.14. The van der Waals surface area contributed by atoms with E-state index in [1.54, 1.807) is 0 Å². The highest BCUT2D eigenvalue weighted by molar-refractivity contribution is 5.54. The van der Waals surface area contributed by atoms with E-state index in [9.17, 15) is 5.11 Å². The first kappa shape index (κ1) is 18.9. The molecule has 1 aromatic heterocycles. The van der Waals surface area contributed by atoms with Crippen molar-refractivity contribution in [2.75, 3.05) is 0 Å². The van der Waals surface area contributed by atoms with Gasteiger partial charge >= 0.3 is 0 Å². The summed E-state index contributed by atoms with van der Waals surface area (Å²) in [6.45, 7) is 8.05.